The van der Waals surface area contributed by atoms with Crippen LogP contribution in [0.3, 0.4) is 0 Å². The van der Waals surface area contributed by atoms with Crippen LogP contribution >= 0.6 is 11.6 Å². The van der Waals surface area contributed by atoms with Gasteiger partial charge in [0.2, 0.25) is 0 Å². The minimum Gasteiger partial charge on any atom is -0.496 e. The lowest BCUT2D eigenvalue weighted by atomic mass is 10.0. The van der Waals surface area contributed by atoms with Crippen molar-refractivity contribution in [3.8, 4) is 16.9 Å². The highest BCUT2D eigenvalue weighted by molar-refractivity contribution is 7.92. The van der Waals surface area contributed by atoms with Crippen molar-refractivity contribution < 1.29 is 13.2 Å². The molecule has 0 aliphatic carbocycles. The molecule has 5 nitrogen and oxygen atoms in total. The van der Waals surface area contributed by atoms with Gasteiger partial charge >= 0.3 is 0 Å². The predicted octanol–water partition coefficient (Wildman–Crippen LogP) is 4.52. The second-order valence-electron chi connectivity index (χ2n) is 5.67. The molecule has 1 N–H and O–H groups in total. The van der Waals surface area contributed by atoms with Crippen molar-refractivity contribution in [3.05, 3.63) is 71.5 Å². The molecule has 7 heteroatoms. The van der Waals surface area contributed by atoms with E-state index in [1.807, 2.05) is 13.0 Å². The van der Waals surface area contributed by atoms with Crippen LogP contribution in [0.5, 0.6) is 5.75 Å². The summed E-state index contributed by atoms with van der Waals surface area (Å²) in [6, 6.07) is 13.1. The van der Waals surface area contributed by atoms with Crippen LogP contribution in [0.2, 0.25) is 5.02 Å². The highest BCUT2D eigenvalue weighted by Gasteiger charge is 2.15. The van der Waals surface area contributed by atoms with E-state index in [2.05, 4.69) is 9.71 Å². The summed E-state index contributed by atoms with van der Waals surface area (Å²) in [6.45, 7) is 1.90. The Balaban J connectivity index is 1.91. The topological polar surface area (TPSA) is 68.3 Å². The summed E-state index contributed by atoms with van der Waals surface area (Å²) in [6.07, 6.45) is 3.38. The number of hydrogen-bond donors (Lipinski definition) is 1. The first kappa shape index (κ1) is 18.2. The van der Waals surface area contributed by atoms with Gasteiger partial charge < -0.3 is 4.74 Å². The minimum absolute atomic E-state index is 0.151. The number of halogens is 1. The number of benzene rings is 2. The quantitative estimate of drug-likeness (QED) is 0.697. The molecule has 0 amide bonds. The summed E-state index contributed by atoms with van der Waals surface area (Å²) < 4.78 is 32.9. The normalized spacial score (nSPS) is 11.2. The number of nitrogens with one attached hydrogen (secondary N) is 1. The fourth-order valence-corrected chi connectivity index (χ4v) is 3.79. The van der Waals surface area contributed by atoms with Crippen LogP contribution in [-0.2, 0) is 10.0 Å². The lowest BCUT2D eigenvalue weighted by molar-refractivity contribution is 0.416. The van der Waals surface area contributed by atoms with Crippen molar-refractivity contribution in [3.63, 3.8) is 0 Å². The van der Waals surface area contributed by atoms with E-state index >= 15 is 0 Å². The third-order valence-corrected chi connectivity index (χ3v) is 5.54. The molecule has 1 aromatic heterocycles. The minimum atomic E-state index is -3.68. The molecule has 26 heavy (non-hydrogen) atoms. The smallest absolute Gasteiger partial charge is 0.261 e. The van der Waals surface area contributed by atoms with Crippen molar-refractivity contribution >= 4 is 27.3 Å². The lowest BCUT2D eigenvalue weighted by Crippen LogP contribution is -2.12. The summed E-state index contributed by atoms with van der Waals surface area (Å²) >= 11 is 5.81. The molecule has 3 aromatic rings. The molecule has 0 aliphatic heterocycles. The average Bonchev–Trinajstić information content (AvgIpc) is 2.62. The second kappa shape index (κ2) is 7.35. The Bertz CT molecular complexity index is 1030. The van der Waals surface area contributed by atoms with Crippen molar-refractivity contribution in [2.24, 2.45) is 0 Å². The fourth-order valence-electron chi connectivity index (χ4n) is 2.62. The van der Waals surface area contributed by atoms with Gasteiger partial charge in [-0.1, -0.05) is 17.7 Å². The highest BCUT2D eigenvalue weighted by Crippen LogP contribution is 2.32. The Morgan fingerprint density at radius 1 is 1.04 bits per heavy atom. The summed E-state index contributed by atoms with van der Waals surface area (Å²) in [4.78, 5) is 4.29. The molecule has 0 aliphatic rings. The molecule has 2 aromatic carbocycles. The van der Waals surface area contributed by atoms with Crippen LogP contribution in [0.25, 0.3) is 11.1 Å². The van der Waals surface area contributed by atoms with E-state index in [4.69, 9.17) is 16.3 Å². The van der Waals surface area contributed by atoms with Crippen LogP contribution in [0.4, 0.5) is 5.69 Å². The number of methoxy groups -OCH3 is 1. The van der Waals surface area contributed by atoms with Crippen molar-refractivity contribution in [2.45, 2.75) is 11.8 Å². The molecule has 0 bridgehead atoms. The number of sulfonamides is 1. The number of anilines is 1. The summed E-state index contributed by atoms with van der Waals surface area (Å²) in [5, 5.41) is 0.481. The van der Waals surface area contributed by atoms with E-state index in [1.165, 1.54) is 12.1 Å². The van der Waals surface area contributed by atoms with Gasteiger partial charge in [0, 0.05) is 28.7 Å². The van der Waals surface area contributed by atoms with Gasteiger partial charge in [-0.25, -0.2) is 8.42 Å². The molecule has 0 spiro atoms. The van der Waals surface area contributed by atoms with Gasteiger partial charge in [0.05, 0.1) is 12.0 Å². The van der Waals surface area contributed by atoms with Gasteiger partial charge in [0.25, 0.3) is 10.0 Å². The molecule has 0 fully saturated rings. The first-order valence-electron chi connectivity index (χ1n) is 7.78. The first-order valence-corrected chi connectivity index (χ1v) is 9.64. The third-order valence-electron chi connectivity index (χ3n) is 3.89. The molecule has 1 heterocycles. The molecular weight excluding hydrogens is 372 g/mol. The Morgan fingerprint density at radius 2 is 1.77 bits per heavy atom. The van der Waals surface area contributed by atoms with Crippen LogP contribution in [0, 0.1) is 6.92 Å². The number of pyridine rings is 1. The van der Waals surface area contributed by atoms with E-state index in [1.54, 1.807) is 49.8 Å². The Kier molecular flexibility index (Phi) is 5.15. The molecule has 134 valence electrons. The second-order valence-corrected chi connectivity index (χ2v) is 7.78. The number of aryl methyl sites for hydroxylation is 1. The Morgan fingerprint density at radius 3 is 2.42 bits per heavy atom. The van der Waals surface area contributed by atoms with E-state index in [0.717, 1.165) is 16.7 Å². The molecule has 0 atom stereocenters. The van der Waals surface area contributed by atoms with Gasteiger partial charge in [-0.15, -0.1) is 0 Å². The number of nitrogens with zero attached hydrogens (tertiary/aromatic N) is 1. The molecule has 0 saturated heterocycles. The van der Waals surface area contributed by atoms with E-state index < -0.39 is 10.0 Å². The predicted molar refractivity (Wildman–Crippen MR) is 103 cm³/mol. The standard InChI is InChI=1S/C19H17ClN2O3S/c1-13-11-15(22-26(23,24)16-6-3-14(20)4-7-16)5-8-17(13)18-12-21-10-9-19(18)25-2/h3-12,22H,1-2H3. The van der Waals surface area contributed by atoms with E-state index in [0.29, 0.717) is 16.5 Å². The Hall–Kier alpha value is -2.57. The maximum absolute atomic E-state index is 12.5. The number of aromatic nitrogens is 1. The maximum Gasteiger partial charge on any atom is 0.261 e. The van der Waals surface area contributed by atoms with Crippen molar-refractivity contribution in [1.82, 2.24) is 4.98 Å². The summed E-state index contributed by atoms with van der Waals surface area (Å²) in [5.41, 5.74) is 3.14. The van der Waals surface area contributed by atoms with Crippen LogP contribution in [0.1, 0.15) is 5.56 Å². The van der Waals surface area contributed by atoms with Crippen molar-refractivity contribution in [1.29, 1.82) is 0 Å². The average molecular weight is 389 g/mol. The summed E-state index contributed by atoms with van der Waals surface area (Å²) in [5.74, 6) is 0.706. The molecule has 0 radical (unpaired) electrons. The number of rotatable bonds is 5. The number of ether oxygens (including phenoxy) is 1. The van der Waals surface area contributed by atoms with Crippen LogP contribution in [0.15, 0.2) is 65.8 Å². The zero-order valence-electron chi connectivity index (χ0n) is 14.2. The zero-order valence-corrected chi connectivity index (χ0v) is 15.8. The monoisotopic (exact) mass is 388 g/mol. The van der Waals surface area contributed by atoms with Gasteiger partial charge in [0.15, 0.2) is 0 Å². The first-order chi connectivity index (χ1) is 12.4. The molecule has 0 unspecified atom stereocenters. The van der Waals surface area contributed by atoms with Gasteiger partial charge in [-0.05, 0) is 60.5 Å². The van der Waals surface area contributed by atoms with Gasteiger partial charge in [-0.3, -0.25) is 9.71 Å². The number of hydrogen-bond acceptors (Lipinski definition) is 4. The molecule has 0 saturated carbocycles. The maximum atomic E-state index is 12.5. The van der Waals surface area contributed by atoms with E-state index in [9.17, 15) is 8.42 Å². The molecule has 3 rings (SSSR count). The third kappa shape index (κ3) is 3.81. The largest absolute Gasteiger partial charge is 0.496 e. The SMILES string of the molecule is COc1ccncc1-c1ccc(NS(=O)(=O)c2ccc(Cl)cc2)cc1C. The van der Waals surface area contributed by atoms with E-state index in [-0.39, 0.29) is 4.90 Å². The van der Waals surface area contributed by atoms with Crippen LogP contribution in [-0.4, -0.2) is 20.5 Å². The lowest BCUT2D eigenvalue weighted by Gasteiger charge is -2.13. The fraction of sp³-hybridized carbons (Fsp3) is 0.105. The highest BCUT2D eigenvalue weighted by atomic mass is 35.5. The zero-order chi connectivity index (χ0) is 18.7. The molecular formula is C19H17ClN2O3S. The Labute approximate surface area is 157 Å². The van der Waals surface area contributed by atoms with Crippen LogP contribution < -0.4 is 9.46 Å². The summed E-state index contributed by atoms with van der Waals surface area (Å²) in [7, 11) is -2.08. The van der Waals surface area contributed by atoms with Gasteiger partial charge in [0.1, 0.15) is 5.75 Å². The van der Waals surface area contributed by atoms with Crippen molar-refractivity contribution in [2.75, 3.05) is 11.8 Å². The van der Waals surface area contributed by atoms with Gasteiger partial charge in [-0.2, -0.15) is 0 Å².